The molecule has 20 heavy (non-hydrogen) atoms. The summed E-state index contributed by atoms with van der Waals surface area (Å²) in [4.78, 5) is 10.6. The summed E-state index contributed by atoms with van der Waals surface area (Å²) in [6.07, 6.45) is 6.44. The second-order valence-electron chi connectivity index (χ2n) is 5.65. The van der Waals surface area contributed by atoms with Gasteiger partial charge in [-0.05, 0) is 37.8 Å². The average Bonchev–Trinajstić information content (AvgIpc) is 2.85. The van der Waals surface area contributed by atoms with Crippen molar-refractivity contribution >= 4 is 16.6 Å². The number of nitro benzene ring substituents is 1. The lowest BCUT2D eigenvalue weighted by molar-refractivity contribution is -0.384. The van der Waals surface area contributed by atoms with Gasteiger partial charge < -0.3 is 4.57 Å². The van der Waals surface area contributed by atoms with Gasteiger partial charge in [-0.2, -0.15) is 0 Å². The van der Waals surface area contributed by atoms with E-state index in [1.807, 2.05) is 6.07 Å². The molecule has 1 saturated carbocycles. The Bertz CT molecular complexity index is 639. The third kappa shape index (κ3) is 2.19. The van der Waals surface area contributed by atoms with E-state index in [-0.39, 0.29) is 10.6 Å². The van der Waals surface area contributed by atoms with Gasteiger partial charge in [0.05, 0.1) is 4.92 Å². The SMILES string of the molecule is CCn1c(C2CCCCC2)cc2cc([N+](=O)[O-])ccc21. The maximum absolute atomic E-state index is 10.9. The molecule has 2 aromatic rings. The number of fused-ring (bicyclic) bond motifs is 1. The summed E-state index contributed by atoms with van der Waals surface area (Å²) in [5.74, 6) is 0.621. The first-order chi connectivity index (χ1) is 9.70. The molecule has 1 heterocycles. The van der Waals surface area contributed by atoms with Crippen molar-refractivity contribution in [1.29, 1.82) is 0 Å². The van der Waals surface area contributed by atoms with E-state index in [0.717, 1.165) is 17.4 Å². The van der Waals surface area contributed by atoms with Crippen LogP contribution in [0.25, 0.3) is 10.9 Å². The van der Waals surface area contributed by atoms with Gasteiger partial charge in [-0.25, -0.2) is 0 Å². The van der Waals surface area contributed by atoms with Crippen molar-refractivity contribution < 1.29 is 4.92 Å². The highest BCUT2D eigenvalue weighted by Gasteiger charge is 2.21. The first-order valence-corrected chi connectivity index (χ1v) is 7.48. The molecular formula is C16H20N2O2. The largest absolute Gasteiger partial charge is 0.345 e. The molecule has 3 rings (SSSR count). The predicted molar refractivity (Wildman–Crippen MR) is 80.1 cm³/mol. The number of hydrogen-bond donors (Lipinski definition) is 0. The van der Waals surface area contributed by atoms with E-state index in [0.29, 0.717) is 5.92 Å². The van der Waals surface area contributed by atoms with Gasteiger partial charge in [0.1, 0.15) is 0 Å². The molecule has 0 spiro atoms. The molecule has 1 aliphatic carbocycles. The third-order valence-electron chi connectivity index (χ3n) is 4.47. The lowest BCUT2D eigenvalue weighted by Crippen LogP contribution is -2.10. The zero-order valence-corrected chi connectivity index (χ0v) is 11.8. The minimum atomic E-state index is -0.316. The molecule has 4 heteroatoms. The van der Waals surface area contributed by atoms with Crippen LogP contribution in [0.1, 0.15) is 50.6 Å². The third-order valence-corrected chi connectivity index (χ3v) is 4.47. The van der Waals surface area contributed by atoms with Crippen molar-refractivity contribution in [3.05, 3.63) is 40.1 Å². The maximum atomic E-state index is 10.9. The first kappa shape index (κ1) is 13.2. The van der Waals surface area contributed by atoms with E-state index in [9.17, 15) is 10.1 Å². The standard InChI is InChI=1S/C16H20N2O2/c1-2-17-15-9-8-14(18(19)20)10-13(15)11-16(17)12-6-4-3-5-7-12/h8-12H,2-7H2,1H3. The number of aromatic nitrogens is 1. The summed E-state index contributed by atoms with van der Waals surface area (Å²) < 4.78 is 2.33. The minimum Gasteiger partial charge on any atom is -0.345 e. The van der Waals surface area contributed by atoms with Crippen LogP contribution in [0.3, 0.4) is 0 Å². The van der Waals surface area contributed by atoms with Gasteiger partial charge in [-0.15, -0.1) is 0 Å². The number of nitrogens with zero attached hydrogens (tertiary/aromatic N) is 2. The van der Waals surface area contributed by atoms with Gasteiger partial charge in [0.25, 0.3) is 5.69 Å². The maximum Gasteiger partial charge on any atom is 0.270 e. The zero-order chi connectivity index (χ0) is 14.1. The van der Waals surface area contributed by atoms with Crippen LogP contribution in [0.5, 0.6) is 0 Å². The summed E-state index contributed by atoms with van der Waals surface area (Å²) in [6, 6.07) is 7.37. The van der Waals surface area contributed by atoms with Crippen LogP contribution in [-0.4, -0.2) is 9.49 Å². The van der Waals surface area contributed by atoms with Gasteiger partial charge in [-0.3, -0.25) is 10.1 Å². The van der Waals surface area contributed by atoms with Crippen molar-refractivity contribution in [2.24, 2.45) is 0 Å². The van der Waals surface area contributed by atoms with Crippen LogP contribution in [-0.2, 0) is 6.54 Å². The summed E-state index contributed by atoms with van der Waals surface area (Å²) in [7, 11) is 0. The summed E-state index contributed by atoms with van der Waals surface area (Å²) >= 11 is 0. The molecule has 1 aromatic heterocycles. The van der Waals surface area contributed by atoms with E-state index < -0.39 is 0 Å². The van der Waals surface area contributed by atoms with Crippen molar-refractivity contribution in [3.8, 4) is 0 Å². The summed E-state index contributed by atoms with van der Waals surface area (Å²) in [5, 5.41) is 11.9. The normalized spacial score (nSPS) is 16.6. The lowest BCUT2D eigenvalue weighted by atomic mass is 9.87. The summed E-state index contributed by atoms with van der Waals surface area (Å²) in [5.41, 5.74) is 2.67. The Labute approximate surface area is 118 Å². The van der Waals surface area contributed by atoms with Crippen molar-refractivity contribution in [3.63, 3.8) is 0 Å². The summed E-state index contributed by atoms with van der Waals surface area (Å²) in [6.45, 7) is 3.07. The highest BCUT2D eigenvalue weighted by Crippen LogP contribution is 2.36. The van der Waals surface area contributed by atoms with Gasteiger partial charge >= 0.3 is 0 Å². The highest BCUT2D eigenvalue weighted by molar-refractivity contribution is 5.83. The number of nitro groups is 1. The number of non-ortho nitro benzene ring substituents is 1. The van der Waals surface area contributed by atoms with Crippen LogP contribution in [0.2, 0.25) is 0 Å². The Balaban J connectivity index is 2.09. The number of aryl methyl sites for hydroxylation is 1. The van der Waals surface area contributed by atoms with Crippen LogP contribution >= 0.6 is 0 Å². The van der Waals surface area contributed by atoms with Gasteiger partial charge in [0, 0.05) is 35.3 Å². The first-order valence-electron chi connectivity index (χ1n) is 7.48. The average molecular weight is 272 g/mol. The van der Waals surface area contributed by atoms with Crippen LogP contribution < -0.4 is 0 Å². The number of rotatable bonds is 3. The Hall–Kier alpha value is -1.84. The Morgan fingerprint density at radius 1 is 1.25 bits per heavy atom. The smallest absolute Gasteiger partial charge is 0.270 e. The lowest BCUT2D eigenvalue weighted by Gasteiger charge is -2.23. The molecule has 0 N–H and O–H groups in total. The van der Waals surface area contributed by atoms with Crippen LogP contribution in [0.15, 0.2) is 24.3 Å². The molecule has 106 valence electrons. The molecule has 0 amide bonds. The fourth-order valence-electron chi connectivity index (χ4n) is 3.48. The molecule has 1 aliphatic rings. The Kier molecular flexibility index (Phi) is 3.47. The number of benzene rings is 1. The minimum absolute atomic E-state index is 0.181. The predicted octanol–water partition coefficient (Wildman–Crippen LogP) is 4.62. The molecule has 0 radical (unpaired) electrons. The van der Waals surface area contributed by atoms with E-state index in [2.05, 4.69) is 17.6 Å². The van der Waals surface area contributed by atoms with Gasteiger partial charge in [0.2, 0.25) is 0 Å². The molecule has 0 atom stereocenters. The van der Waals surface area contributed by atoms with Gasteiger partial charge in [-0.1, -0.05) is 19.3 Å². The molecule has 0 unspecified atom stereocenters. The zero-order valence-electron chi connectivity index (χ0n) is 11.8. The van der Waals surface area contributed by atoms with E-state index in [1.54, 1.807) is 12.1 Å². The second kappa shape index (κ2) is 5.27. The fraction of sp³-hybridized carbons (Fsp3) is 0.500. The van der Waals surface area contributed by atoms with Gasteiger partial charge in [0.15, 0.2) is 0 Å². The molecule has 0 bridgehead atoms. The molecule has 4 nitrogen and oxygen atoms in total. The van der Waals surface area contributed by atoms with E-state index in [1.165, 1.54) is 37.8 Å². The van der Waals surface area contributed by atoms with Crippen LogP contribution in [0.4, 0.5) is 5.69 Å². The Morgan fingerprint density at radius 3 is 2.65 bits per heavy atom. The van der Waals surface area contributed by atoms with Crippen molar-refractivity contribution in [2.45, 2.75) is 51.5 Å². The van der Waals surface area contributed by atoms with E-state index in [4.69, 9.17) is 0 Å². The Morgan fingerprint density at radius 2 is 2.00 bits per heavy atom. The molecule has 1 fully saturated rings. The monoisotopic (exact) mass is 272 g/mol. The quantitative estimate of drug-likeness (QED) is 0.604. The fourth-order valence-corrected chi connectivity index (χ4v) is 3.48. The highest BCUT2D eigenvalue weighted by atomic mass is 16.6. The second-order valence-corrected chi connectivity index (χ2v) is 5.65. The van der Waals surface area contributed by atoms with E-state index >= 15 is 0 Å². The molecule has 0 saturated heterocycles. The van der Waals surface area contributed by atoms with Crippen molar-refractivity contribution in [2.75, 3.05) is 0 Å². The van der Waals surface area contributed by atoms with Crippen LogP contribution in [0, 0.1) is 10.1 Å². The molecule has 1 aromatic carbocycles. The molecular weight excluding hydrogens is 252 g/mol. The number of hydrogen-bond acceptors (Lipinski definition) is 2. The topological polar surface area (TPSA) is 48.1 Å². The molecule has 0 aliphatic heterocycles. The van der Waals surface area contributed by atoms with Crippen molar-refractivity contribution in [1.82, 2.24) is 4.57 Å².